The molecule has 3 heteroatoms. The van der Waals surface area contributed by atoms with E-state index in [1.807, 2.05) is 0 Å². The molecule has 0 bridgehead atoms. The van der Waals surface area contributed by atoms with Crippen molar-refractivity contribution in [2.45, 2.75) is 37.6 Å². The van der Waals surface area contributed by atoms with E-state index in [-0.39, 0.29) is 11.5 Å². The lowest BCUT2D eigenvalue weighted by Gasteiger charge is -2.47. The molecule has 68 valence electrons. The quantitative estimate of drug-likeness (QED) is 0.615. The lowest BCUT2D eigenvalue weighted by atomic mass is 9.70. The van der Waals surface area contributed by atoms with E-state index in [2.05, 4.69) is 5.32 Å². The van der Waals surface area contributed by atoms with Gasteiger partial charge in [-0.2, -0.15) is 0 Å². The first-order valence-corrected chi connectivity index (χ1v) is 4.70. The Labute approximate surface area is 72.2 Å². The molecule has 0 radical (unpaired) electrons. The number of rotatable bonds is 1. The zero-order valence-corrected chi connectivity index (χ0v) is 7.18. The van der Waals surface area contributed by atoms with Crippen molar-refractivity contribution in [1.82, 2.24) is 5.32 Å². The maximum Gasteiger partial charge on any atom is 0.306 e. The van der Waals surface area contributed by atoms with Crippen LogP contribution in [0.1, 0.15) is 32.1 Å². The molecule has 3 nitrogen and oxygen atoms in total. The average Bonchev–Trinajstić information content (AvgIpc) is 2.02. The highest BCUT2D eigenvalue weighted by Gasteiger charge is 2.42. The van der Waals surface area contributed by atoms with Crippen molar-refractivity contribution in [3.8, 4) is 0 Å². The minimum atomic E-state index is -0.609. The van der Waals surface area contributed by atoms with Gasteiger partial charge < -0.3 is 10.4 Å². The van der Waals surface area contributed by atoms with Gasteiger partial charge in [-0.15, -0.1) is 0 Å². The van der Waals surface area contributed by atoms with Crippen molar-refractivity contribution in [3.63, 3.8) is 0 Å². The van der Waals surface area contributed by atoms with E-state index in [4.69, 9.17) is 5.11 Å². The Morgan fingerprint density at radius 2 is 2.25 bits per heavy atom. The number of nitrogens with one attached hydrogen (secondary N) is 1. The minimum Gasteiger partial charge on any atom is -0.481 e. The minimum absolute atomic E-state index is 0.0912. The third kappa shape index (κ3) is 1.22. The van der Waals surface area contributed by atoms with Crippen LogP contribution in [0, 0.1) is 5.92 Å². The lowest BCUT2D eigenvalue weighted by molar-refractivity contribution is -0.144. The summed E-state index contributed by atoms with van der Waals surface area (Å²) >= 11 is 0. The Morgan fingerprint density at radius 1 is 1.50 bits per heavy atom. The fourth-order valence-corrected chi connectivity index (χ4v) is 2.44. The highest BCUT2D eigenvalue weighted by molar-refractivity contribution is 5.70. The highest BCUT2D eigenvalue weighted by Crippen LogP contribution is 2.38. The van der Waals surface area contributed by atoms with Gasteiger partial charge >= 0.3 is 5.97 Å². The normalized spacial score (nSPS) is 40.8. The van der Waals surface area contributed by atoms with Crippen molar-refractivity contribution in [3.05, 3.63) is 0 Å². The molecule has 0 aromatic heterocycles. The molecule has 0 amide bonds. The van der Waals surface area contributed by atoms with E-state index in [0.29, 0.717) is 0 Å². The monoisotopic (exact) mass is 169 g/mol. The van der Waals surface area contributed by atoms with Gasteiger partial charge in [-0.05, 0) is 32.2 Å². The Hall–Kier alpha value is -0.570. The number of carboxylic acids is 1. The largest absolute Gasteiger partial charge is 0.481 e. The number of aliphatic carboxylic acids is 1. The van der Waals surface area contributed by atoms with Gasteiger partial charge in [-0.3, -0.25) is 4.79 Å². The van der Waals surface area contributed by atoms with Crippen LogP contribution in [0.2, 0.25) is 0 Å². The summed E-state index contributed by atoms with van der Waals surface area (Å²) in [5.41, 5.74) is 0.224. The molecule has 0 aromatic carbocycles. The topological polar surface area (TPSA) is 49.3 Å². The molecule has 1 aliphatic carbocycles. The lowest BCUT2D eigenvalue weighted by Crippen LogP contribution is -2.59. The Bertz CT molecular complexity index is 199. The molecule has 1 saturated carbocycles. The molecule has 2 rings (SSSR count). The van der Waals surface area contributed by atoms with Gasteiger partial charge in [0.2, 0.25) is 0 Å². The van der Waals surface area contributed by atoms with Crippen LogP contribution in [0.5, 0.6) is 0 Å². The van der Waals surface area contributed by atoms with E-state index in [1.165, 1.54) is 12.8 Å². The molecular formula is C9H15NO2. The summed E-state index contributed by atoms with van der Waals surface area (Å²) in [6.07, 6.45) is 5.15. The van der Waals surface area contributed by atoms with Crippen LogP contribution in [-0.4, -0.2) is 23.2 Å². The summed E-state index contributed by atoms with van der Waals surface area (Å²) in [6, 6.07) is 0. The Kier molecular flexibility index (Phi) is 1.83. The summed E-state index contributed by atoms with van der Waals surface area (Å²) in [6.45, 7) is 1.08. The zero-order chi connectivity index (χ0) is 8.60. The average molecular weight is 169 g/mol. The van der Waals surface area contributed by atoms with Gasteiger partial charge in [0.1, 0.15) is 0 Å². The molecular weight excluding hydrogens is 154 g/mol. The molecule has 2 unspecified atom stereocenters. The van der Waals surface area contributed by atoms with Crippen LogP contribution >= 0.6 is 0 Å². The molecule has 2 fully saturated rings. The van der Waals surface area contributed by atoms with Crippen LogP contribution in [-0.2, 0) is 4.79 Å². The SMILES string of the molecule is O=C(O)C1CCCC2(CCN2)C1. The Balaban J connectivity index is 1.98. The van der Waals surface area contributed by atoms with Crippen LogP contribution < -0.4 is 5.32 Å². The zero-order valence-electron chi connectivity index (χ0n) is 7.18. The molecule has 1 heterocycles. The summed E-state index contributed by atoms with van der Waals surface area (Å²) in [5.74, 6) is -0.700. The third-order valence-corrected chi connectivity index (χ3v) is 3.30. The number of hydrogen-bond acceptors (Lipinski definition) is 2. The van der Waals surface area contributed by atoms with Crippen LogP contribution in [0.25, 0.3) is 0 Å². The van der Waals surface area contributed by atoms with Gasteiger partial charge in [-0.25, -0.2) is 0 Å². The van der Waals surface area contributed by atoms with Gasteiger partial charge in [0, 0.05) is 5.54 Å². The fourth-order valence-electron chi connectivity index (χ4n) is 2.44. The summed E-state index contributed by atoms with van der Waals surface area (Å²) in [4.78, 5) is 10.8. The molecule has 2 atom stereocenters. The first kappa shape index (κ1) is 8.05. The van der Waals surface area contributed by atoms with Crippen molar-refractivity contribution in [1.29, 1.82) is 0 Å². The van der Waals surface area contributed by atoms with E-state index < -0.39 is 5.97 Å². The molecule has 12 heavy (non-hydrogen) atoms. The van der Waals surface area contributed by atoms with Crippen LogP contribution in [0.4, 0.5) is 0 Å². The summed E-state index contributed by atoms with van der Waals surface area (Å²) in [7, 11) is 0. The smallest absolute Gasteiger partial charge is 0.306 e. The van der Waals surface area contributed by atoms with Gasteiger partial charge in [0.15, 0.2) is 0 Å². The van der Waals surface area contributed by atoms with E-state index in [9.17, 15) is 4.79 Å². The van der Waals surface area contributed by atoms with Gasteiger partial charge in [0.05, 0.1) is 5.92 Å². The number of carbonyl (C=O) groups is 1. The predicted molar refractivity (Wildman–Crippen MR) is 44.9 cm³/mol. The number of hydrogen-bond donors (Lipinski definition) is 2. The van der Waals surface area contributed by atoms with Gasteiger partial charge in [-0.1, -0.05) is 6.42 Å². The number of carboxylic acid groups (broad SMARTS) is 1. The second-order valence-corrected chi connectivity index (χ2v) is 4.09. The molecule has 1 aliphatic heterocycles. The molecule has 1 spiro atoms. The van der Waals surface area contributed by atoms with Crippen molar-refractivity contribution in [2.24, 2.45) is 5.92 Å². The van der Waals surface area contributed by atoms with Gasteiger partial charge in [0.25, 0.3) is 0 Å². The molecule has 2 aliphatic rings. The predicted octanol–water partition coefficient (Wildman–Crippen LogP) is 0.993. The molecule has 1 saturated heterocycles. The standard InChI is InChI=1S/C9H15NO2/c11-8(12)7-2-1-3-9(6-7)4-5-10-9/h7,10H,1-6H2,(H,11,12). The molecule has 0 aromatic rings. The van der Waals surface area contributed by atoms with Crippen molar-refractivity contribution in [2.75, 3.05) is 6.54 Å². The van der Waals surface area contributed by atoms with E-state index >= 15 is 0 Å². The summed E-state index contributed by atoms with van der Waals surface area (Å²) < 4.78 is 0. The molecule has 2 N–H and O–H groups in total. The first-order valence-electron chi connectivity index (χ1n) is 4.70. The van der Waals surface area contributed by atoms with Crippen molar-refractivity contribution < 1.29 is 9.90 Å². The van der Waals surface area contributed by atoms with Crippen LogP contribution in [0.3, 0.4) is 0 Å². The van der Waals surface area contributed by atoms with Crippen molar-refractivity contribution >= 4 is 5.97 Å². The van der Waals surface area contributed by atoms with Crippen LogP contribution in [0.15, 0.2) is 0 Å². The summed E-state index contributed by atoms with van der Waals surface area (Å²) in [5, 5.41) is 12.2. The Morgan fingerprint density at radius 3 is 2.75 bits per heavy atom. The van der Waals surface area contributed by atoms with E-state index in [0.717, 1.165) is 25.8 Å². The van der Waals surface area contributed by atoms with E-state index in [1.54, 1.807) is 0 Å². The second kappa shape index (κ2) is 2.73. The third-order valence-electron chi connectivity index (χ3n) is 3.30. The highest BCUT2D eigenvalue weighted by atomic mass is 16.4. The fraction of sp³-hybridized carbons (Fsp3) is 0.889. The maximum atomic E-state index is 10.8. The second-order valence-electron chi connectivity index (χ2n) is 4.09. The maximum absolute atomic E-state index is 10.8. The first-order chi connectivity index (χ1) is 5.72.